The number of nitrogens with one attached hydrogen (secondary N) is 1. The second kappa shape index (κ2) is 7.39. The molecule has 1 fully saturated rings. The van der Waals surface area contributed by atoms with Gasteiger partial charge >= 0.3 is 0 Å². The van der Waals surface area contributed by atoms with E-state index in [1.54, 1.807) is 7.11 Å². The quantitative estimate of drug-likeness (QED) is 0.872. The van der Waals surface area contributed by atoms with Crippen molar-refractivity contribution in [3.8, 4) is 0 Å². The molecule has 0 spiro atoms. The molecule has 1 N–H and O–H groups in total. The summed E-state index contributed by atoms with van der Waals surface area (Å²) in [5.74, 6) is 0. The van der Waals surface area contributed by atoms with Gasteiger partial charge in [-0.05, 0) is 32.3 Å². The van der Waals surface area contributed by atoms with Crippen molar-refractivity contribution in [1.82, 2.24) is 10.2 Å². The van der Waals surface area contributed by atoms with Crippen LogP contribution in [0.5, 0.6) is 0 Å². The van der Waals surface area contributed by atoms with Crippen LogP contribution in [0, 0.1) is 0 Å². The number of ether oxygens (including phenoxy) is 1. The average molecular weight is 290 g/mol. The molecule has 1 heterocycles. The van der Waals surface area contributed by atoms with Crippen LogP contribution in [0.2, 0.25) is 0 Å². The van der Waals surface area contributed by atoms with Gasteiger partial charge in [-0.2, -0.15) is 0 Å². The minimum Gasteiger partial charge on any atom is -0.383 e. The molecule has 0 bridgehead atoms. The Kier molecular flexibility index (Phi) is 5.80. The summed E-state index contributed by atoms with van der Waals surface area (Å²) in [4.78, 5) is 2.64. The van der Waals surface area contributed by atoms with Gasteiger partial charge in [0.05, 0.1) is 6.61 Å². The predicted molar refractivity (Wildman–Crippen MR) is 88.7 cm³/mol. The van der Waals surface area contributed by atoms with Crippen molar-refractivity contribution in [2.24, 2.45) is 0 Å². The summed E-state index contributed by atoms with van der Waals surface area (Å²) in [6.45, 7) is 9.81. The van der Waals surface area contributed by atoms with E-state index in [1.165, 1.54) is 5.56 Å². The molecular weight excluding hydrogens is 260 g/mol. The number of nitrogens with zero attached hydrogens (tertiary/aromatic N) is 1. The van der Waals surface area contributed by atoms with Crippen LogP contribution in [-0.2, 0) is 11.2 Å². The first-order valence-corrected chi connectivity index (χ1v) is 8.11. The van der Waals surface area contributed by atoms with Crippen LogP contribution < -0.4 is 5.32 Å². The maximum Gasteiger partial charge on any atom is 0.0615 e. The van der Waals surface area contributed by atoms with Crippen molar-refractivity contribution in [1.29, 1.82) is 0 Å². The first-order valence-electron chi connectivity index (χ1n) is 8.11. The lowest BCUT2D eigenvalue weighted by Gasteiger charge is -2.48. The maximum atomic E-state index is 5.40. The molecule has 1 aromatic rings. The van der Waals surface area contributed by atoms with Gasteiger partial charge in [-0.1, -0.05) is 37.3 Å². The normalized spacial score (nSPS) is 28.5. The number of piperazine rings is 1. The van der Waals surface area contributed by atoms with E-state index in [9.17, 15) is 0 Å². The second-order valence-corrected chi connectivity index (χ2v) is 6.62. The Morgan fingerprint density at radius 3 is 2.71 bits per heavy atom. The molecule has 1 saturated heterocycles. The second-order valence-electron chi connectivity index (χ2n) is 6.62. The highest BCUT2D eigenvalue weighted by Gasteiger charge is 2.36. The number of hydrogen-bond donors (Lipinski definition) is 1. The highest BCUT2D eigenvalue weighted by atomic mass is 16.5. The minimum absolute atomic E-state index is 0.217. The van der Waals surface area contributed by atoms with Gasteiger partial charge in [0.15, 0.2) is 0 Å². The van der Waals surface area contributed by atoms with Crippen LogP contribution in [-0.4, -0.2) is 49.3 Å². The Balaban J connectivity index is 2.10. The summed E-state index contributed by atoms with van der Waals surface area (Å²) in [6.07, 6.45) is 2.25. The SMILES string of the molecule is CCC1(C)CN(C(C)COC)C(Cc2ccccc2)CN1. The van der Waals surface area contributed by atoms with Crippen LogP contribution in [0.25, 0.3) is 0 Å². The number of benzene rings is 1. The molecule has 0 radical (unpaired) electrons. The molecule has 3 atom stereocenters. The summed E-state index contributed by atoms with van der Waals surface area (Å²) in [5, 5.41) is 3.76. The zero-order valence-corrected chi connectivity index (χ0v) is 13.9. The Morgan fingerprint density at radius 1 is 1.38 bits per heavy atom. The van der Waals surface area contributed by atoms with E-state index in [-0.39, 0.29) is 5.54 Å². The van der Waals surface area contributed by atoms with Crippen molar-refractivity contribution >= 4 is 0 Å². The smallest absolute Gasteiger partial charge is 0.0615 e. The molecule has 21 heavy (non-hydrogen) atoms. The molecule has 0 aliphatic carbocycles. The monoisotopic (exact) mass is 290 g/mol. The first-order chi connectivity index (χ1) is 10.1. The van der Waals surface area contributed by atoms with Crippen LogP contribution in [0.4, 0.5) is 0 Å². The van der Waals surface area contributed by atoms with Crippen molar-refractivity contribution in [3.05, 3.63) is 35.9 Å². The molecule has 0 aromatic heterocycles. The molecule has 1 aliphatic heterocycles. The van der Waals surface area contributed by atoms with Gasteiger partial charge in [-0.25, -0.2) is 0 Å². The van der Waals surface area contributed by atoms with E-state index in [2.05, 4.69) is 61.3 Å². The van der Waals surface area contributed by atoms with E-state index in [0.29, 0.717) is 12.1 Å². The highest BCUT2D eigenvalue weighted by molar-refractivity contribution is 5.17. The molecule has 1 aromatic carbocycles. The number of methoxy groups -OCH3 is 1. The van der Waals surface area contributed by atoms with Gasteiger partial charge in [0, 0.05) is 37.8 Å². The molecule has 3 heteroatoms. The standard InChI is InChI=1S/C18H30N2O/c1-5-18(3)14-20(15(2)13-21-4)17(12-19-18)11-16-9-7-6-8-10-16/h6-10,15,17,19H,5,11-14H2,1-4H3. The lowest BCUT2D eigenvalue weighted by atomic mass is 9.90. The molecule has 1 aliphatic rings. The van der Waals surface area contributed by atoms with Crippen molar-refractivity contribution < 1.29 is 4.74 Å². The maximum absolute atomic E-state index is 5.40. The van der Waals surface area contributed by atoms with Crippen molar-refractivity contribution in [3.63, 3.8) is 0 Å². The largest absolute Gasteiger partial charge is 0.383 e. The third kappa shape index (κ3) is 4.29. The van der Waals surface area contributed by atoms with Crippen LogP contribution in [0.1, 0.15) is 32.8 Å². The molecule has 0 amide bonds. The minimum atomic E-state index is 0.217. The summed E-state index contributed by atoms with van der Waals surface area (Å²) < 4.78 is 5.40. The third-order valence-corrected chi connectivity index (χ3v) is 4.83. The summed E-state index contributed by atoms with van der Waals surface area (Å²) in [6, 6.07) is 11.8. The van der Waals surface area contributed by atoms with Crippen LogP contribution in [0.3, 0.4) is 0 Å². The Labute approximate surface area is 129 Å². The highest BCUT2D eigenvalue weighted by Crippen LogP contribution is 2.23. The number of hydrogen-bond acceptors (Lipinski definition) is 3. The van der Waals surface area contributed by atoms with Gasteiger partial charge in [0.1, 0.15) is 0 Å². The van der Waals surface area contributed by atoms with Gasteiger partial charge in [0.2, 0.25) is 0 Å². The zero-order chi connectivity index (χ0) is 15.3. The molecule has 118 valence electrons. The summed E-state index contributed by atoms with van der Waals surface area (Å²) in [7, 11) is 1.80. The molecule has 0 saturated carbocycles. The lowest BCUT2D eigenvalue weighted by Crippen LogP contribution is -2.65. The molecule has 2 rings (SSSR count). The topological polar surface area (TPSA) is 24.5 Å². The summed E-state index contributed by atoms with van der Waals surface area (Å²) in [5.41, 5.74) is 1.63. The fourth-order valence-corrected chi connectivity index (χ4v) is 3.23. The van der Waals surface area contributed by atoms with E-state index in [0.717, 1.165) is 32.5 Å². The van der Waals surface area contributed by atoms with Gasteiger partial charge in [-0.15, -0.1) is 0 Å². The average Bonchev–Trinajstić information content (AvgIpc) is 2.50. The molecule has 3 nitrogen and oxygen atoms in total. The first kappa shape index (κ1) is 16.5. The van der Waals surface area contributed by atoms with Gasteiger partial charge in [0.25, 0.3) is 0 Å². The van der Waals surface area contributed by atoms with E-state index in [4.69, 9.17) is 4.74 Å². The molecule has 3 unspecified atom stereocenters. The Hall–Kier alpha value is -0.900. The van der Waals surface area contributed by atoms with E-state index >= 15 is 0 Å². The fraction of sp³-hybridized carbons (Fsp3) is 0.667. The van der Waals surface area contributed by atoms with Crippen LogP contribution in [0.15, 0.2) is 30.3 Å². The third-order valence-electron chi connectivity index (χ3n) is 4.83. The van der Waals surface area contributed by atoms with Gasteiger partial charge < -0.3 is 10.1 Å². The fourth-order valence-electron chi connectivity index (χ4n) is 3.23. The van der Waals surface area contributed by atoms with E-state index in [1.807, 2.05) is 0 Å². The Bertz CT molecular complexity index is 422. The Morgan fingerprint density at radius 2 is 2.10 bits per heavy atom. The van der Waals surface area contributed by atoms with Crippen LogP contribution >= 0.6 is 0 Å². The van der Waals surface area contributed by atoms with Crippen molar-refractivity contribution in [2.75, 3.05) is 26.8 Å². The van der Waals surface area contributed by atoms with Crippen molar-refractivity contribution in [2.45, 2.75) is 51.2 Å². The number of rotatable bonds is 6. The predicted octanol–water partition coefficient (Wildman–Crippen LogP) is 2.71. The zero-order valence-electron chi connectivity index (χ0n) is 13.9. The van der Waals surface area contributed by atoms with E-state index < -0.39 is 0 Å². The molecular formula is C18H30N2O. The summed E-state index contributed by atoms with van der Waals surface area (Å²) >= 11 is 0. The lowest BCUT2D eigenvalue weighted by molar-refractivity contribution is 0.0181. The van der Waals surface area contributed by atoms with Gasteiger partial charge in [-0.3, -0.25) is 4.90 Å².